The normalized spacial score (nSPS) is 10.4. The zero-order chi connectivity index (χ0) is 15.4. The summed E-state index contributed by atoms with van der Waals surface area (Å²) in [4.78, 5) is 15.8. The number of nitrogens with zero attached hydrogens (tertiary/aromatic N) is 3. The molecule has 0 spiro atoms. The van der Waals surface area contributed by atoms with Gasteiger partial charge in [0.15, 0.2) is 0 Å². The lowest BCUT2D eigenvalue weighted by Gasteiger charge is -2.02. The van der Waals surface area contributed by atoms with Crippen LogP contribution in [-0.2, 0) is 6.54 Å². The second-order valence-corrected chi connectivity index (χ2v) is 4.44. The molecule has 0 unspecified atom stereocenters. The first-order valence-corrected chi connectivity index (χ1v) is 6.49. The van der Waals surface area contributed by atoms with E-state index in [0.717, 1.165) is 6.07 Å². The third kappa shape index (κ3) is 3.14. The van der Waals surface area contributed by atoms with Gasteiger partial charge < -0.3 is 9.73 Å². The summed E-state index contributed by atoms with van der Waals surface area (Å²) in [5, 5.41) is 10.3. The van der Waals surface area contributed by atoms with Crippen molar-refractivity contribution in [2.45, 2.75) is 6.54 Å². The predicted octanol–water partition coefficient (Wildman–Crippen LogP) is 2.20. The van der Waals surface area contributed by atoms with Crippen LogP contribution in [0.15, 0.2) is 53.2 Å². The van der Waals surface area contributed by atoms with Crippen molar-refractivity contribution in [1.29, 1.82) is 0 Å². The first-order chi connectivity index (χ1) is 10.7. The van der Waals surface area contributed by atoms with Gasteiger partial charge in [-0.25, -0.2) is 4.39 Å². The number of hydrogen-bond acceptors (Lipinski definition) is 5. The van der Waals surface area contributed by atoms with Crippen LogP contribution < -0.4 is 5.32 Å². The van der Waals surface area contributed by atoms with Crippen molar-refractivity contribution in [3.63, 3.8) is 0 Å². The van der Waals surface area contributed by atoms with E-state index in [2.05, 4.69) is 20.5 Å². The molecule has 0 fully saturated rings. The SMILES string of the molecule is O=C(NCc1nnc(-c2cccnc2)o1)c1cccc(F)c1. The van der Waals surface area contributed by atoms with Crippen LogP contribution in [0, 0.1) is 5.82 Å². The molecule has 110 valence electrons. The number of benzene rings is 1. The van der Waals surface area contributed by atoms with Gasteiger partial charge in [-0.1, -0.05) is 6.07 Å². The summed E-state index contributed by atoms with van der Waals surface area (Å²) in [5.74, 6) is -0.309. The van der Waals surface area contributed by atoms with Gasteiger partial charge in [-0.3, -0.25) is 9.78 Å². The largest absolute Gasteiger partial charge is 0.419 e. The Morgan fingerprint density at radius 3 is 2.91 bits per heavy atom. The van der Waals surface area contributed by atoms with Crippen molar-refractivity contribution in [3.05, 3.63) is 66.1 Å². The van der Waals surface area contributed by atoms with Crippen molar-refractivity contribution in [2.24, 2.45) is 0 Å². The number of carbonyl (C=O) groups is 1. The van der Waals surface area contributed by atoms with Crippen LogP contribution in [0.1, 0.15) is 16.2 Å². The number of amides is 1. The average Bonchev–Trinajstić information content (AvgIpc) is 3.02. The van der Waals surface area contributed by atoms with Crippen LogP contribution in [0.25, 0.3) is 11.5 Å². The molecule has 0 saturated heterocycles. The molecule has 2 heterocycles. The van der Waals surface area contributed by atoms with E-state index in [1.807, 2.05) is 0 Å². The number of rotatable bonds is 4. The molecule has 1 amide bonds. The Morgan fingerprint density at radius 1 is 1.23 bits per heavy atom. The molecule has 0 radical (unpaired) electrons. The fraction of sp³-hybridized carbons (Fsp3) is 0.0667. The maximum absolute atomic E-state index is 13.1. The van der Waals surface area contributed by atoms with E-state index >= 15 is 0 Å². The molecule has 0 bridgehead atoms. The minimum Gasteiger partial charge on any atom is -0.419 e. The lowest BCUT2D eigenvalue weighted by Crippen LogP contribution is -2.23. The molecule has 3 aromatic rings. The minimum absolute atomic E-state index is 0.0581. The van der Waals surface area contributed by atoms with Gasteiger partial charge in [0.05, 0.1) is 12.1 Å². The Bertz CT molecular complexity index is 789. The Hall–Kier alpha value is -3.09. The highest BCUT2D eigenvalue weighted by Gasteiger charge is 2.11. The summed E-state index contributed by atoms with van der Waals surface area (Å²) in [5.41, 5.74) is 0.921. The molecule has 0 aliphatic rings. The molecular formula is C15H11FN4O2. The van der Waals surface area contributed by atoms with Crippen molar-refractivity contribution in [2.75, 3.05) is 0 Å². The highest BCUT2D eigenvalue weighted by atomic mass is 19.1. The fourth-order valence-corrected chi connectivity index (χ4v) is 1.82. The zero-order valence-corrected chi connectivity index (χ0v) is 11.4. The number of carbonyl (C=O) groups excluding carboxylic acids is 1. The highest BCUT2D eigenvalue weighted by Crippen LogP contribution is 2.15. The monoisotopic (exact) mass is 298 g/mol. The predicted molar refractivity (Wildman–Crippen MR) is 75.1 cm³/mol. The maximum atomic E-state index is 13.1. The summed E-state index contributed by atoms with van der Waals surface area (Å²) in [7, 11) is 0. The third-order valence-electron chi connectivity index (χ3n) is 2.86. The molecule has 1 aromatic carbocycles. The van der Waals surface area contributed by atoms with Crippen molar-refractivity contribution in [3.8, 4) is 11.5 Å². The van der Waals surface area contributed by atoms with E-state index in [9.17, 15) is 9.18 Å². The molecule has 1 N–H and O–H groups in total. The molecular weight excluding hydrogens is 287 g/mol. The number of pyridine rings is 1. The van der Waals surface area contributed by atoms with Crippen LogP contribution in [0.2, 0.25) is 0 Å². The van der Waals surface area contributed by atoms with Crippen LogP contribution >= 0.6 is 0 Å². The van der Waals surface area contributed by atoms with E-state index in [1.54, 1.807) is 24.5 Å². The molecule has 0 saturated carbocycles. The molecule has 2 aromatic heterocycles. The summed E-state index contributed by atoms with van der Waals surface area (Å²) in [6.45, 7) is 0.0581. The number of nitrogens with one attached hydrogen (secondary N) is 1. The lowest BCUT2D eigenvalue weighted by atomic mass is 10.2. The fourth-order valence-electron chi connectivity index (χ4n) is 1.82. The molecule has 6 nitrogen and oxygen atoms in total. The number of halogens is 1. The summed E-state index contributed by atoms with van der Waals surface area (Å²) >= 11 is 0. The van der Waals surface area contributed by atoms with Crippen LogP contribution in [0.4, 0.5) is 4.39 Å². The van der Waals surface area contributed by atoms with E-state index < -0.39 is 11.7 Å². The van der Waals surface area contributed by atoms with Crippen LogP contribution in [0.3, 0.4) is 0 Å². The van der Waals surface area contributed by atoms with Gasteiger partial charge in [0.25, 0.3) is 5.91 Å². The molecule has 0 atom stereocenters. The Morgan fingerprint density at radius 2 is 2.14 bits per heavy atom. The molecule has 3 rings (SSSR count). The van der Waals surface area contributed by atoms with Crippen LogP contribution in [-0.4, -0.2) is 21.1 Å². The first-order valence-electron chi connectivity index (χ1n) is 6.49. The van der Waals surface area contributed by atoms with Gasteiger partial charge in [0, 0.05) is 18.0 Å². The van der Waals surface area contributed by atoms with Crippen molar-refractivity contribution < 1.29 is 13.6 Å². The number of hydrogen-bond donors (Lipinski definition) is 1. The van der Waals surface area contributed by atoms with E-state index in [-0.39, 0.29) is 18.0 Å². The van der Waals surface area contributed by atoms with Gasteiger partial charge in [-0.15, -0.1) is 10.2 Å². The third-order valence-corrected chi connectivity index (χ3v) is 2.86. The van der Waals surface area contributed by atoms with Crippen LogP contribution in [0.5, 0.6) is 0 Å². The number of aromatic nitrogens is 3. The first kappa shape index (κ1) is 13.9. The maximum Gasteiger partial charge on any atom is 0.251 e. The highest BCUT2D eigenvalue weighted by molar-refractivity contribution is 5.94. The van der Waals surface area contributed by atoms with E-state index in [0.29, 0.717) is 11.5 Å². The Kier molecular flexibility index (Phi) is 3.86. The summed E-state index contributed by atoms with van der Waals surface area (Å²) in [6.07, 6.45) is 3.24. The van der Waals surface area contributed by atoms with Crippen molar-refractivity contribution in [1.82, 2.24) is 20.5 Å². The smallest absolute Gasteiger partial charge is 0.251 e. The summed E-state index contributed by atoms with van der Waals surface area (Å²) < 4.78 is 18.5. The average molecular weight is 298 g/mol. The Balaban J connectivity index is 1.65. The Labute approximate surface area is 125 Å². The van der Waals surface area contributed by atoms with Gasteiger partial charge in [0.2, 0.25) is 11.8 Å². The van der Waals surface area contributed by atoms with Gasteiger partial charge in [-0.05, 0) is 30.3 Å². The van der Waals surface area contributed by atoms with E-state index in [4.69, 9.17) is 4.42 Å². The minimum atomic E-state index is -0.468. The molecule has 22 heavy (non-hydrogen) atoms. The van der Waals surface area contributed by atoms with Gasteiger partial charge in [-0.2, -0.15) is 0 Å². The van der Waals surface area contributed by atoms with E-state index in [1.165, 1.54) is 18.2 Å². The summed E-state index contributed by atoms with van der Waals surface area (Å²) in [6, 6.07) is 8.96. The molecule has 0 aliphatic heterocycles. The van der Waals surface area contributed by atoms with Gasteiger partial charge in [0.1, 0.15) is 5.82 Å². The lowest BCUT2D eigenvalue weighted by molar-refractivity contribution is 0.0947. The second-order valence-electron chi connectivity index (χ2n) is 4.44. The quantitative estimate of drug-likeness (QED) is 0.798. The standard InChI is InChI=1S/C15H11FN4O2/c16-12-5-1-3-10(7-12)14(21)18-9-13-19-20-15(22-13)11-4-2-6-17-8-11/h1-8H,9H2,(H,18,21). The second kappa shape index (κ2) is 6.13. The van der Waals surface area contributed by atoms with Crippen molar-refractivity contribution >= 4 is 5.91 Å². The van der Waals surface area contributed by atoms with Gasteiger partial charge >= 0.3 is 0 Å². The zero-order valence-electron chi connectivity index (χ0n) is 11.4. The molecule has 0 aliphatic carbocycles. The topological polar surface area (TPSA) is 80.9 Å². The molecule has 7 heteroatoms.